The van der Waals surface area contributed by atoms with Crippen molar-refractivity contribution in [3.63, 3.8) is 0 Å². The Hall–Kier alpha value is -0.130. The predicted molar refractivity (Wildman–Crippen MR) is 52.8 cm³/mol. The normalized spacial score (nSPS) is 35.5. The minimum atomic E-state index is 0.941. The topological polar surface area (TPSA) is 21.8 Å². The standard InChI is InChI=1S/C8H15ClN4/c9-2-1-3-11-6-12-4-10-5-13(7-11)8-12/h1-2,10H,3-8H2/b2-1+. The van der Waals surface area contributed by atoms with Gasteiger partial charge in [-0.2, -0.15) is 0 Å². The van der Waals surface area contributed by atoms with E-state index < -0.39 is 0 Å². The Bertz CT molecular complexity index is 185. The lowest BCUT2D eigenvalue weighted by Crippen LogP contribution is -2.62. The summed E-state index contributed by atoms with van der Waals surface area (Å²) in [6.07, 6.45) is 1.98. The van der Waals surface area contributed by atoms with Gasteiger partial charge in [-0.3, -0.25) is 20.0 Å². The van der Waals surface area contributed by atoms with Crippen LogP contribution in [0.15, 0.2) is 11.6 Å². The second-order valence-electron chi connectivity index (χ2n) is 3.55. The minimum absolute atomic E-state index is 0.941. The quantitative estimate of drug-likeness (QED) is 0.683. The highest BCUT2D eigenvalue weighted by molar-refractivity contribution is 6.25. The molecule has 0 aromatic heterocycles. The van der Waals surface area contributed by atoms with Crippen LogP contribution in [0.1, 0.15) is 0 Å². The van der Waals surface area contributed by atoms with E-state index in [9.17, 15) is 0 Å². The summed E-state index contributed by atoms with van der Waals surface area (Å²) in [5, 5.41) is 3.34. The summed E-state index contributed by atoms with van der Waals surface area (Å²) < 4.78 is 0. The first-order chi connectivity index (χ1) is 6.38. The number of nitrogens with zero attached hydrogens (tertiary/aromatic N) is 3. The van der Waals surface area contributed by atoms with Gasteiger partial charge in [-0.05, 0) is 0 Å². The number of hydrogen-bond acceptors (Lipinski definition) is 4. The molecule has 13 heavy (non-hydrogen) atoms. The molecule has 0 saturated carbocycles. The summed E-state index contributed by atoms with van der Waals surface area (Å²) in [6.45, 7) is 6.09. The van der Waals surface area contributed by atoms with Gasteiger partial charge < -0.3 is 0 Å². The van der Waals surface area contributed by atoms with Gasteiger partial charge in [-0.25, -0.2) is 0 Å². The van der Waals surface area contributed by atoms with Crippen molar-refractivity contribution >= 4 is 11.6 Å². The summed E-state index contributed by atoms with van der Waals surface area (Å²) in [7, 11) is 0. The highest BCUT2D eigenvalue weighted by Gasteiger charge is 2.25. The van der Waals surface area contributed by atoms with Crippen LogP contribution in [0.5, 0.6) is 0 Å². The minimum Gasteiger partial charge on any atom is -0.291 e. The van der Waals surface area contributed by atoms with E-state index in [-0.39, 0.29) is 0 Å². The van der Waals surface area contributed by atoms with E-state index in [4.69, 9.17) is 11.6 Å². The summed E-state index contributed by atoms with van der Waals surface area (Å²) >= 11 is 5.49. The number of halogens is 1. The van der Waals surface area contributed by atoms with Crippen molar-refractivity contribution in [2.75, 3.05) is 39.9 Å². The molecule has 2 aliphatic heterocycles. The molecule has 0 spiro atoms. The third-order valence-electron chi connectivity index (χ3n) is 2.32. The molecule has 2 atom stereocenters. The molecular weight excluding hydrogens is 188 g/mol. The third kappa shape index (κ3) is 2.42. The molecule has 0 radical (unpaired) electrons. The molecular formula is C8H15ClN4. The summed E-state index contributed by atoms with van der Waals surface area (Å²) in [5.41, 5.74) is 1.59. The van der Waals surface area contributed by atoms with Gasteiger partial charge in [0.15, 0.2) is 0 Å². The Morgan fingerprint density at radius 2 is 1.85 bits per heavy atom. The van der Waals surface area contributed by atoms with E-state index in [1.165, 1.54) is 0 Å². The second-order valence-corrected chi connectivity index (χ2v) is 3.80. The van der Waals surface area contributed by atoms with Gasteiger partial charge in [0.1, 0.15) is 0 Å². The predicted octanol–water partition coefficient (Wildman–Crippen LogP) is 0.0492. The van der Waals surface area contributed by atoms with Gasteiger partial charge in [0, 0.05) is 12.1 Å². The van der Waals surface area contributed by atoms with Crippen LogP contribution in [0.25, 0.3) is 0 Å². The average Bonchev–Trinajstić information content (AvgIpc) is 2.14. The number of rotatable bonds is 2. The monoisotopic (exact) mass is 202 g/mol. The maximum absolute atomic E-state index is 5.49. The fraction of sp³-hybridized carbons (Fsp3) is 0.750. The fourth-order valence-electron chi connectivity index (χ4n) is 1.85. The summed E-state index contributed by atoms with van der Waals surface area (Å²) in [5.74, 6) is 0. The Labute approximate surface area is 83.7 Å². The Morgan fingerprint density at radius 3 is 2.46 bits per heavy atom. The van der Waals surface area contributed by atoms with Crippen LogP contribution in [0.3, 0.4) is 0 Å². The zero-order valence-corrected chi connectivity index (χ0v) is 8.37. The molecule has 2 heterocycles. The second kappa shape index (κ2) is 4.39. The lowest BCUT2D eigenvalue weighted by Gasteiger charge is -2.45. The van der Waals surface area contributed by atoms with Crippen molar-refractivity contribution in [3.05, 3.63) is 11.6 Å². The van der Waals surface area contributed by atoms with Gasteiger partial charge in [-0.15, -0.1) is 0 Å². The Balaban J connectivity index is 1.86. The van der Waals surface area contributed by atoms with E-state index in [2.05, 4.69) is 20.0 Å². The van der Waals surface area contributed by atoms with E-state index in [0.717, 1.165) is 39.9 Å². The zero-order valence-electron chi connectivity index (χ0n) is 7.62. The first-order valence-corrected chi connectivity index (χ1v) is 4.95. The van der Waals surface area contributed by atoms with Crippen molar-refractivity contribution in [1.82, 2.24) is 20.0 Å². The van der Waals surface area contributed by atoms with E-state index >= 15 is 0 Å². The molecule has 2 saturated heterocycles. The van der Waals surface area contributed by atoms with Crippen LogP contribution in [-0.4, -0.2) is 54.6 Å². The van der Waals surface area contributed by atoms with Gasteiger partial charge in [0.25, 0.3) is 0 Å². The van der Waals surface area contributed by atoms with E-state index in [1.54, 1.807) is 5.54 Å². The van der Waals surface area contributed by atoms with Crippen molar-refractivity contribution in [2.45, 2.75) is 0 Å². The number of nitrogens with one attached hydrogen (secondary N) is 1. The molecule has 0 aromatic carbocycles. The van der Waals surface area contributed by atoms with Crippen molar-refractivity contribution in [2.24, 2.45) is 0 Å². The van der Waals surface area contributed by atoms with Crippen molar-refractivity contribution in [1.29, 1.82) is 0 Å². The molecule has 74 valence electrons. The smallest absolute Gasteiger partial charge is 0.0554 e. The van der Waals surface area contributed by atoms with Crippen LogP contribution < -0.4 is 5.32 Å². The molecule has 2 fully saturated rings. The summed E-state index contributed by atoms with van der Waals surface area (Å²) in [6, 6.07) is 0. The first-order valence-electron chi connectivity index (χ1n) is 4.51. The molecule has 2 aliphatic rings. The SMILES string of the molecule is Cl/C=C/CN1CN2CNCN(C1)C2. The van der Waals surface area contributed by atoms with Crippen LogP contribution in [0, 0.1) is 0 Å². The molecule has 2 bridgehead atoms. The van der Waals surface area contributed by atoms with Crippen molar-refractivity contribution < 1.29 is 0 Å². The van der Waals surface area contributed by atoms with Gasteiger partial charge in [-0.1, -0.05) is 17.7 Å². The number of hydrogen-bond donors (Lipinski definition) is 1. The molecule has 2 rings (SSSR count). The molecule has 2 unspecified atom stereocenters. The maximum Gasteiger partial charge on any atom is 0.0554 e. The lowest BCUT2D eigenvalue weighted by molar-refractivity contribution is -0.0620. The Kier molecular flexibility index (Phi) is 3.18. The van der Waals surface area contributed by atoms with Crippen LogP contribution in [0.4, 0.5) is 0 Å². The Morgan fingerprint density at radius 1 is 1.15 bits per heavy atom. The highest BCUT2D eigenvalue weighted by Crippen LogP contribution is 2.08. The van der Waals surface area contributed by atoms with Gasteiger partial charge in [0.2, 0.25) is 0 Å². The fourth-order valence-corrected chi connectivity index (χ4v) is 1.93. The number of fused-ring (bicyclic) bond motifs is 2. The van der Waals surface area contributed by atoms with Gasteiger partial charge >= 0.3 is 0 Å². The van der Waals surface area contributed by atoms with Crippen molar-refractivity contribution in [3.8, 4) is 0 Å². The molecule has 1 N–H and O–H groups in total. The van der Waals surface area contributed by atoms with E-state index in [0.29, 0.717) is 0 Å². The molecule has 0 aromatic rings. The molecule has 5 heteroatoms. The molecule has 0 amide bonds. The first kappa shape index (κ1) is 9.43. The van der Waals surface area contributed by atoms with Crippen LogP contribution >= 0.6 is 11.6 Å². The van der Waals surface area contributed by atoms with Gasteiger partial charge in [0.05, 0.1) is 33.3 Å². The van der Waals surface area contributed by atoms with Crippen LogP contribution in [-0.2, 0) is 0 Å². The largest absolute Gasteiger partial charge is 0.291 e. The van der Waals surface area contributed by atoms with Crippen LogP contribution in [0.2, 0.25) is 0 Å². The highest BCUT2D eigenvalue weighted by atomic mass is 35.5. The third-order valence-corrected chi connectivity index (χ3v) is 2.50. The molecule has 0 aliphatic carbocycles. The average molecular weight is 203 g/mol. The summed E-state index contributed by atoms with van der Waals surface area (Å²) in [4.78, 5) is 7.10. The molecule has 4 nitrogen and oxygen atoms in total. The van der Waals surface area contributed by atoms with E-state index in [1.807, 2.05) is 6.08 Å². The zero-order chi connectivity index (χ0) is 9.10. The lowest BCUT2D eigenvalue weighted by atomic mass is 10.4. The maximum atomic E-state index is 5.49.